The van der Waals surface area contributed by atoms with Crippen molar-refractivity contribution in [1.82, 2.24) is 5.32 Å². The van der Waals surface area contributed by atoms with Gasteiger partial charge in [-0.2, -0.15) is 0 Å². The molecule has 1 aromatic rings. The topological polar surface area (TPSA) is 32.3 Å². The van der Waals surface area contributed by atoms with E-state index in [0.29, 0.717) is 6.04 Å². The molecule has 2 N–H and O–H groups in total. The van der Waals surface area contributed by atoms with Crippen LogP contribution in [0.2, 0.25) is 0 Å². The number of rotatable bonds is 3. The summed E-state index contributed by atoms with van der Waals surface area (Å²) in [5.74, 6) is 0. The Labute approximate surface area is 114 Å². The summed E-state index contributed by atoms with van der Waals surface area (Å²) in [6.45, 7) is 11.9. The predicted octanol–water partition coefficient (Wildman–Crippen LogP) is 3.29. The molecule has 0 saturated heterocycles. The monoisotopic (exact) mass is 267 g/mol. The third-order valence-corrected chi connectivity index (χ3v) is 5.65. The van der Waals surface area contributed by atoms with Gasteiger partial charge >= 0.3 is 0 Å². The van der Waals surface area contributed by atoms with E-state index in [1.807, 2.05) is 11.3 Å². The average Bonchev–Trinajstić information content (AvgIpc) is 2.72. The summed E-state index contributed by atoms with van der Waals surface area (Å²) in [5, 5.41) is 13.3. The fourth-order valence-corrected chi connectivity index (χ4v) is 3.36. The molecule has 1 heterocycles. The van der Waals surface area contributed by atoms with Crippen LogP contribution < -0.4 is 5.32 Å². The number of hydrogen-bond acceptors (Lipinski definition) is 3. The minimum Gasteiger partial charge on any atom is -0.392 e. The van der Waals surface area contributed by atoms with Crippen molar-refractivity contribution < 1.29 is 5.11 Å². The first-order chi connectivity index (χ1) is 8.21. The SMILES string of the molecule is CC(C)(C)c1ccc(CNC2CC(O)C2(C)C)s1. The molecule has 2 nitrogen and oxygen atoms in total. The molecule has 2 unspecified atom stereocenters. The van der Waals surface area contributed by atoms with E-state index in [0.717, 1.165) is 13.0 Å². The van der Waals surface area contributed by atoms with E-state index < -0.39 is 0 Å². The van der Waals surface area contributed by atoms with Crippen LogP contribution in [0.1, 0.15) is 50.8 Å². The van der Waals surface area contributed by atoms with Crippen molar-refractivity contribution >= 4 is 11.3 Å². The van der Waals surface area contributed by atoms with Crippen molar-refractivity contribution in [3.8, 4) is 0 Å². The van der Waals surface area contributed by atoms with Gasteiger partial charge in [0, 0.05) is 27.8 Å². The molecule has 102 valence electrons. The molecule has 0 bridgehead atoms. The average molecular weight is 267 g/mol. The van der Waals surface area contributed by atoms with E-state index >= 15 is 0 Å². The zero-order valence-corrected chi connectivity index (χ0v) is 12.9. The molecule has 1 aromatic heterocycles. The smallest absolute Gasteiger partial charge is 0.0621 e. The summed E-state index contributed by atoms with van der Waals surface area (Å²) >= 11 is 1.89. The van der Waals surface area contributed by atoms with Crippen LogP contribution in [-0.2, 0) is 12.0 Å². The van der Waals surface area contributed by atoms with E-state index in [2.05, 4.69) is 52.1 Å². The maximum Gasteiger partial charge on any atom is 0.0621 e. The highest BCUT2D eigenvalue weighted by atomic mass is 32.1. The van der Waals surface area contributed by atoms with Gasteiger partial charge in [-0.05, 0) is 24.0 Å². The molecule has 18 heavy (non-hydrogen) atoms. The predicted molar refractivity (Wildman–Crippen MR) is 78.1 cm³/mol. The highest BCUT2D eigenvalue weighted by Gasteiger charge is 2.46. The molecule has 1 fully saturated rings. The molecular formula is C15H25NOS. The van der Waals surface area contributed by atoms with Gasteiger partial charge in [-0.15, -0.1) is 11.3 Å². The second-order valence-electron chi connectivity index (χ2n) is 7.02. The summed E-state index contributed by atoms with van der Waals surface area (Å²) in [7, 11) is 0. The van der Waals surface area contributed by atoms with E-state index in [-0.39, 0.29) is 16.9 Å². The minimum atomic E-state index is -0.150. The second-order valence-corrected chi connectivity index (χ2v) is 8.19. The normalized spacial score (nSPS) is 27.0. The molecule has 0 aliphatic heterocycles. The molecular weight excluding hydrogens is 242 g/mol. The molecule has 3 heteroatoms. The molecule has 1 saturated carbocycles. The number of hydrogen-bond donors (Lipinski definition) is 2. The van der Waals surface area contributed by atoms with Crippen LogP contribution in [0.3, 0.4) is 0 Å². The van der Waals surface area contributed by atoms with Gasteiger partial charge < -0.3 is 10.4 Å². The van der Waals surface area contributed by atoms with E-state index in [1.165, 1.54) is 9.75 Å². The number of thiophene rings is 1. The zero-order chi connectivity index (χ0) is 13.6. The van der Waals surface area contributed by atoms with Crippen molar-refractivity contribution in [2.75, 3.05) is 0 Å². The fraction of sp³-hybridized carbons (Fsp3) is 0.733. The van der Waals surface area contributed by atoms with Crippen molar-refractivity contribution in [2.45, 2.75) is 65.1 Å². The molecule has 0 spiro atoms. The summed E-state index contributed by atoms with van der Waals surface area (Å²) in [6, 6.07) is 4.90. The summed E-state index contributed by atoms with van der Waals surface area (Å²) in [4.78, 5) is 2.82. The Morgan fingerprint density at radius 2 is 2.06 bits per heavy atom. The first-order valence-corrected chi connectivity index (χ1v) is 7.53. The highest BCUT2D eigenvalue weighted by molar-refractivity contribution is 7.12. The van der Waals surface area contributed by atoms with Crippen molar-refractivity contribution in [1.29, 1.82) is 0 Å². The lowest BCUT2D eigenvalue weighted by molar-refractivity contribution is -0.0729. The zero-order valence-electron chi connectivity index (χ0n) is 12.1. The van der Waals surface area contributed by atoms with Crippen LogP contribution >= 0.6 is 11.3 Å². The summed E-state index contributed by atoms with van der Waals surface area (Å²) in [5.41, 5.74) is 0.263. The molecule has 1 aliphatic rings. The first-order valence-electron chi connectivity index (χ1n) is 6.72. The van der Waals surface area contributed by atoms with Gasteiger partial charge in [0.05, 0.1) is 6.10 Å². The Balaban J connectivity index is 1.90. The Hall–Kier alpha value is -0.380. The maximum absolute atomic E-state index is 9.72. The Kier molecular flexibility index (Phi) is 3.60. The van der Waals surface area contributed by atoms with Crippen molar-refractivity contribution in [3.05, 3.63) is 21.9 Å². The van der Waals surface area contributed by atoms with E-state index in [1.54, 1.807) is 0 Å². The van der Waals surface area contributed by atoms with Gasteiger partial charge in [0.1, 0.15) is 0 Å². The van der Waals surface area contributed by atoms with E-state index in [4.69, 9.17) is 0 Å². The van der Waals surface area contributed by atoms with Crippen LogP contribution in [0.15, 0.2) is 12.1 Å². The molecule has 2 atom stereocenters. The fourth-order valence-electron chi connectivity index (χ4n) is 2.35. The van der Waals surface area contributed by atoms with Crippen molar-refractivity contribution in [3.63, 3.8) is 0 Å². The maximum atomic E-state index is 9.72. The van der Waals surface area contributed by atoms with Crippen LogP contribution in [0, 0.1) is 5.41 Å². The molecule has 0 radical (unpaired) electrons. The standard InChI is InChI=1S/C15H25NOS/c1-14(2,3)13-7-6-10(18-13)9-16-11-8-12(17)15(11,4)5/h6-7,11-12,16-17H,8-9H2,1-5H3. The molecule has 1 aliphatic carbocycles. The number of nitrogens with one attached hydrogen (secondary N) is 1. The highest BCUT2D eigenvalue weighted by Crippen LogP contribution is 2.40. The van der Waals surface area contributed by atoms with Crippen LogP contribution in [-0.4, -0.2) is 17.3 Å². The first kappa shape index (κ1) is 14.0. The van der Waals surface area contributed by atoms with Crippen LogP contribution in [0.4, 0.5) is 0 Å². The lowest BCUT2D eigenvalue weighted by Crippen LogP contribution is -2.59. The Morgan fingerprint density at radius 1 is 1.39 bits per heavy atom. The Bertz CT molecular complexity index is 416. The van der Waals surface area contributed by atoms with Crippen LogP contribution in [0.25, 0.3) is 0 Å². The van der Waals surface area contributed by atoms with Gasteiger partial charge in [-0.3, -0.25) is 0 Å². The Morgan fingerprint density at radius 3 is 2.50 bits per heavy atom. The number of aliphatic hydroxyl groups is 1. The lowest BCUT2D eigenvalue weighted by atomic mass is 9.64. The quantitative estimate of drug-likeness (QED) is 0.881. The summed E-state index contributed by atoms with van der Waals surface area (Å²) in [6.07, 6.45) is 0.730. The molecule has 0 aromatic carbocycles. The largest absolute Gasteiger partial charge is 0.392 e. The van der Waals surface area contributed by atoms with E-state index in [9.17, 15) is 5.11 Å². The van der Waals surface area contributed by atoms with Gasteiger partial charge in [0.2, 0.25) is 0 Å². The summed E-state index contributed by atoms with van der Waals surface area (Å²) < 4.78 is 0. The third kappa shape index (κ3) is 2.63. The van der Waals surface area contributed by atoms with Gasteiger partial charge in [-0.1, -0.05) is 34.6 Å². The second kappa shape index (κ2) is 4.62. The van der Waals surface area contributed by atoms with Gasteiger partial charge in [0.15, 0.2) is 0 Å². The molecule has 0 amide bonds. The minimum absolute atomic E-state index is 0.0180. The third-order valence-electron chi connectivity index (χ3n) is 4.14. The lowest BCUT2D eigenvalue weighted by Gasteiger charge is -2.49. The van der Waals surface area contributed by atoms with Crippen molar-refractivity contribution in [2.24, 2.45) is 5.41 Å². The van der Waals surface area contributed by atoms with Gasteiger partial charge in [0.25, 0.3) is 0 Å². The van der Waals surface area contributed by atoms with Crippen LogP contribution in [0.5, 0.6) is 0 Å². The van der Waals surface area contributed by atoms with Gasteiger partial charge in [-0.25, -0.2) is 0 Å². The number of aliphatic hydroxyl groups excluding tert-OH is 1. The molecule has 2 rings (SSSR count).